The number of aliphatic hydroxyl groups is 1. The van der Waals surface area contributed by atoms with Crippen molar-refractivity contribution in [1.82, 2.24) is 4.90 Å². The molecule has 0 aliphatic rings. The molecule has 0 saturated carbocycles. The Kier molecular flexibility index (Phi) is 6.65. The largest absolute Gasteiger partial charge is 0.453 e. The van der Waals surface area contributed by atoms with Crippen molar-refractivity contribution in [2.45, 2.75) is 18.6 Å². The van der Waals surface area contributed by atoms with Gasteiger partial charge in [-0.2, -0.15) is 0 Å². The summed E-state index contributed by atoms with van der Waals surface area (Å²) in [5.74, 6) is -1.25. The molecule has 0 bridgehead atoms. The molecule has 0 fully saturated rings. The molecule has 154 valence electrons. The third kappa shape index (κ3) is 4.42. The SMILES string of the molecule is C[C@@H](c1ccccc1)N(C)C(=O)COC(=O)C(O)(c1ccccc1)c1ccccc1. The van der Waals surface area contributed by atoms with Crippen LogP contribution < -0.4 is 0 Å². The lowest BCUT2D eigenvalue weighted by atomic mass is 9.86. The summed E-state index contributed by atoms with van der Waals surface area (Å²) in [7, 11) is 1.66. The summed E-state index contributed by atoms with van der Waals surface area (Å²) < 4.78 is 5.30. The van der Waals surface area contributed by atoms with Crippen molar-refractivity contribution in [1.29, 1.82) is 0 Å². The van der Waals surface area contributed by atoms with Crippen molar-refractivity contribution >= 4 is 11.9 Å². The van der Waals surface area contributed by atoms with Crippen LogP contribution in [0, 0.1) is 0 Å². The highest BCUT2D eigenvalue weighted by Crippen LogP contribution is 2.31. The van der Waals surface area contributed by atoms with Crippen molar-refractivity contribution in [2.24, 2.45) is 0 Å². The van der Waals surface area contributed by atoms with E-state index in [9.17, 15) is 14.7 Å². The van der Waals surface area contributed by atoms with E-state index in [4.69, 9.17) is 4.74 Å². The number of hydrogen-bond acceptors (Lipinski definition) is 4. The molecule has 5 heteroatoms. The highest BCUT2D eigenvalue weighted by Gasteiger charge is 2.42. The zero-order chi connectivity index (χ0) is 21.6. The van der Waals surface area contributed by atoms with E-state index in [0.29, 0.717) is 11.1 Å². The van der Waals surface area contributed by atoms with E-state index in [0.717, 1.165) is 5.56 Å². The minimum atomic E-state index is -2.01. The Bertz CT molecular complexity index is 934. The minimum Gasteiger partial charge on any atom is -0.453 e. The van der Waals surface area contributed by atoms with Gasteiger partial charge in [0.2, 0.25) is 5.60 Å². The molecule has 0 aliphatic heterocycles. The molecule has 3 aromatic rings. The van der Waals surface area contributed by atoms with Crippen LogP contribution in [-0.4, -0.2) is 35.5 Å². The standard InChI is InChI=1S/C25H25NO4/c1-19(20-12-6-3-7-13-20)26(2)23(27)18-30-24(28)25(29,21-14-8-4-9-15-21)22-16-10-5-11-17-22/h3-17,19,29H,18H2,1-2H3/t19-/m0/s1. The molecule has 0 spiro atoms. The molecule has 1 atom stereocenters. The molecule has 0 saturated heterocycles. The van der Waals surface area contributed by atoms with Gasteiger partial charge in [-0.1, -0.05) is 91.0 Å². The number of carbonyl (C=O) groups is 2. The second-order valence-electron chi connectivity index (χ2n) is 7.11. The molecule has 1 N–H and O–H groups in total. The predicted octanol–water partition coefficient (Wildman–Crippen LogP) is 3.69. The first-order valence-corrected chi connectivity index (χ1v) is 9.76. The van der Waals surface area contributed by atoms with Crippen molar-refractivity contribution < 1.29 is 19.4 Å². The summed E-state index contributed by atoms with van der Waals surface area (Å²) in [6.45, 7) is 1.44. The lowest BCUT2D eigenvalue weighted by Gasteiger charge is -2.28. The van der Waals surface area contributed by atoms with Crippen LogP contribution in [0.4, 0.5) is 0 Å². The molecule has 0 heterocycles. The fourth-order valence-corrected chi connectivity index (χ4v) is 3.27. The number of likely N-dealkylation sites (N-methyl/N-ethyl adjacent to an activating group) is 1. The van der Waals surface area contributed by atoms with Gasteiger partial charge < -0.3 is 14.7 Å². The Morgan fingerprint density at radius 3 is 1.77 bits per heavy atom. The summed E-state index contributed by atoms with van der Waals surface area (Å²) in [6.07, 6.45) is 0. The Balaban J connectivity index is 1.76. The highest BCUT2D eigenvalue weighted by molar-refractivity contribution is 5.88. The number of carbonyl (C=O) groups excluding carboxylic acids is 2. The van der Waals surface area contributed by atoms with Crippen molar-refractivity contribution in [3.8, 4) is 0 Å². The van der Waals surface area contributed by atoms with Crippen molar-refractivity contribution in [3.63, 3.8) is 0 Å². The molecular weight excluding hydrogens is 378 g/mol. The van der Waals surface area contributed by atoms with Gasteiger partial charge in [0.25, 0.3) is 5.91 Å². The summed E-state index contributed by atoms with van der Waals surface area (Å²) in [5, 5.41) is 11.4. The van der Waals surface area contributed by atoms with Gasteiger partial charge in [0.1, 0.15) is 0 Å². The second-order valence-corrected chi connectivity index (χ2v) is 7.11. The van der Waals surface area contributed by atoms with E-state index in [1.807, 2.05) is 37.3 Å². The maximum absolute atomic E-state index is 13.0. The van der Waals surface area contributed by atoms with Gasteiger partial charge in [0, 0.05) is 7.05 Å². The Hall–Kier alpha value is -3.44. The summed E-state index contributed by atoms with van der Waals surface area (Å²) in [4.78, 5) is 27.1. The zero-order valence-electron chi connectivity index (χ0n) is 17.1. The van der Waals surface area contributed by atoms with Crippen LogP contribution >= 0.6 is 0 Å². The molecule has 0 radical (unpaired) electrons. The van der Waals surface area contributed by atoms with Crippen LogP contribution in [0.2, 0.25) is 0 Å². The lowest BCUT2D eigenvalue weighted by Crippen LogP contribution is -2.41. The van der Waals surface area contributed by atoms with Crippen LogP contribution in [0.25, 0.3) is 0 Å². The number of hydrogen-bond donors (Lipinski definition) is 1. The van der Waals surface area contributed by atoms with Crippen LogP contribution in [-0.2, 0) is 19.9 Å². The number of esters is 1. The molecule has 30 heavy (non-hydrogen) atoms. The van der Waals surface area contributed by atoms with Gasteiger partial charge in [-0.25, -0.2) is 4.79 Å². The van der Waals surface area contributed by atoms with E-state index in [-0.39, 0.29) is 11.9 Å². The van der Waals surface area contributed by atoms with Crippen LogP contribution in [0.15, 0.2) is 91.0 Å². The Morgan fingerprint density at radius 2 is 1.30 bits per heavy atom. The van der Waals surface area contributed by atoms with Crippen LogP contribution in [0.3, 0.4) is 0 Å². The predicted molar refractivity (Wildman–Crippen MR) is 114 cm³/mol. The molecule has 5 nitrogen and oxygen atoms in total. The van der Waals surface area contributed by atoms with Crippen molar-refractivity contribution in [3.05, 3.63) is 108 Å². The third-order valence-electron chi connectivity index (χ3n) is 5.26. The van der Waals surface area contributed by atoms with Gasteiger partial charge in [0.05, 0.1) is 6.04 Å². The van der Waals surface area contributed by atoms with Gasteiger partial charge in [-0.15, -0.1) is 0 Å². The molecule has 0 unspecified atom stereocenters. The molecule has 3 aromatic carbocycles. The summed E-state index contributed by atoms with van der Waals surface area (Å²) in [6, 6.07) is 26.5. The second kappa shape index (κ2) is 9.37. The highest BCUT2D eigenvalue weighted by atomic mass is 16.6. The van der Waals surface area contributed by atoms with Crippen LogP contribution in [0.1, 0.15) is 29.7 Å². The number of benzene rings is 3. The maximum atomic E-state index is 13.0. The number of ether oxygens (including phenoxy) is 1. The van der Waals surface area contributed by atoms with Crippen LogP contribution in [0.5, 0.6) is 0 Å². The first-order chi connectivity index (χ1) is 14.4. The topological polar surface area (TPSA) is 66.8 Å². The van der Waals surface area contributed by atoms with E-state index in [1.165, 1.54) is 4.90 Å². The molecule has 3 rings (SSSR count). The summed E-state index contributed by atoms with van der Waals surface area (Å²) in [5.41, 5.74) is -0.282. The fourth-order valence-electron chi connectivity index (χ4n) is 3.27. The van der Waals surface area contributed by atoms with E-state index < -0.39 is 18.2 Å². The summed E-state index contributed by atoms with van der Waals surface area (Å²) >= 11 is 0. The average Bonchev–Trinajstić information content (AvgIpc) is 2.82. The molecule has 1 amide bonds. The van der Waals surface area contributed by atoms with Gasteiger partial charge in [-0.05, 0) is 23.6 Å². The van der Waals surface area contributed by atoms with E-state index in [2.05, 4.69) is 0 Å². The Labute approximate surface area is 176 Å². The van der Waals surface area contributed by atoms with E-state index >= 15 is 0 Å². The number of nitrogens with zero attached hydrogens (tertiary/aromatic N) is 1. The first-order valence-electron chi connectivity index (χ1n) is 9.76. The minimum absolute atomic E-state index is 0.181. The monoisotopic (exact) mass is 403 g/mol. The van der Waals surface area contributed by atoms with Crippen molar-refractivity contribution in [2.75, 3.05) is 13.7 Å². The normalized spacial score (nSPS) is 12.1. The lowest BCUT2D eigenvalue weighted by molar-refractivity contribution is -0.166. The fraction of sp³-hybridized carbons (Fsp3) is 0.200. The Morgan fingerprint density at radius 1 is 0.867 bits per heavy atom. The smallest absolute Gasteiger partial charge is 0.348 e. The number of amides is 1. The maximum Gasteiger partial charge on any atom is 0.348 e. The van der Waals surface area contributed by atoms with Gasteiger partial charge in [-0.3, -0.25) is 4.79 Å². The number of rotatable bonds is 7. The average molecular weight is 403 g/mol. The van der Waals surface area contributed by atoms with E-state index in [1.54, 1.807) is 67.7 Å². The third-order valence-corrected chi connectivity index (χ3v) is 5.26. The first kappa shape index (κ1) is 21.3. The molecule has 0 aliphatic carbocycles. The molecular formula is C25H25NO4. The zero-order valence-corrected chi connectivity index (χ0v) is 17.1. The molecule has 0 aromatic heterocycles. The van der Waals surface area contributed by atoms with Gasteiger partial charge in [0.15, 0.2) is 6.61 Å². The quantitative estimate of drug-likeness (QED) is 0.611. The van der Waals surface area contributed by atoms with Gasteiger partial charge >= 0.3 is 5.97 Å².